The van der Waals surface area contributed by atoms with E-state index in [0.29, 0.717) is 0 Å². The first kappa shape index (κ1) is 3.63. The van der Waals surface area contributed by atoms with Gasteiger partial charge in [-0.3, -0.25) is 4.98 Å². The fraction of sp³-hybridized carbons (Fsp3) is 0.500. The minimum absolute atomic E-state index is 0.109. The van der Waals surface area contributed by atoms with Gasteiger partial charge in [0.25, 0.3) is 0 Å². The second-order valence-corrected chi connectivity index (χ2v) is 3.15. The zero-order chi connectivity index (χ0) is 16.2. The van der Waals surface area contributed by atoms with Gasteiger partial charge in [0.1, 0.15) is 0 Å². The summed E-state index contributed by atoms with van der Waals surface area (Å²) in [5, 5.41) is 0. The normalized spacial score (nSPS) is 37.9. The van der Waals surface area contributed by atoms with Crippen LogP contribution in [0.3, 0.4) is 0 Å². The maximum Gasteiger partial charge on any atom is 0.0840 e. The van der Waals surface area contributed by atoms with Gasteiger partial charge < -0.3 is 4.74 Å². The third-order valence-electron chi connectivity index (χ3n) is 1.50. The van der Waals surface area contributed by atoms with Crippen molar-refractivity contribution in [2.24, 2.45) is 0 Å². The summed E-state index contributed by atoms with van der Waals surface area (Å²) >= 11 is 2.95. The Morgan fingerprint density at radius 1 is 1.69 bits per heavy atom. The zero-order valence-corrected chi connectivity index (χ0v) is 8.23. The van der Waals surface area contributed by atoms with Crippen LogP contribution < -0.4 is 0 Å². The number of hydrogen-bond donors (Lipinski definition) is 0. The van der Waals surface area contributed by atoms with Crippen molar-refractivity contribution in [3.63, 3.8) is 0 Å². The average molecular weight is 250 g/mol. The van der Waals surface area contributed by atoms with Gasteiger partial charge in [-0.1, -0.05) is 15.9 Å². The summed E-state index contributed by atoms with van der Waals surface area (Å²) in [6.07, 6.45) is -5.42. The highest BCUT2D eigenvalue weighted by molar-refractivity contribution is 9.10. The lowest BCUT2D eigenvalue weighted by Gasteiger charge is -2.21. The van der Waals surface area contributed by atoms with Gasteiger partial charge in [-0.15, -0.1) is 0 Å². The van der Waals surface area contributed by atoms with E-state index in [2.05, 4.69) is 20.9 Å². The van der Waals surface area contributed by atoms with E-state index in [-0.39, 0.29) is 10.5 Å². The van der Waals surface area contributed by atoms with Crippen LogP contribution in [-0.4, -0.2) is 18.2 Å². The molecule has 13 heavy (non-hydrogen) atoms. The van der Waals surface area contributed by atoms with Gasteiger partial charge in [0.05, 0.1) is 4.11 Å². The number of ether oxygens (including phenoxy) is 1. The number of aromatic nitrogens is 1. The van der Waals surface area contributed by atoms with Crippen molar-refractivity contribution in [3.8, 4) is 0 Å². The molecule has 70 valence electrons. The van der Waals surface area contributed by atoms with Crippen LogP contribution in [0.25, 0.3) is 0 Å². The SMILES string of the molecule is [2H]c1nc(C2([2H])C([2H])([2H])COCC2([2H])[2H])c([2H])c(Br)c1[2H]. The lowest BCUT2D eigenvalue weighted by Crippen LogP contribution is -2.14. The van der Waals surface area contributed by atoms with E-state index in [1.54, 1.807) is 0 Å². The Bertz CT molecular complexity index is 577. The molecule has 0 aliphatic carbocycles. The molecule has 0 spiro atoms. The van der Waals surface area contributed by atoms with Crippen molar-refractivity contribution in [1.82, 2.24) is 4.98 Å². The van der Waals surface area contributed by atoms with Gasteiger partial charge in [0.15, 0.2) is 0 Å². The predicted octanol–water partition coefficient (Wildman–Crippen LogP) is 2.74. The standard InChI is InChI=1S/C10H12BrNO/c11-9-1-4-12-10(7-9)8-2-5-13-6-3-8/h1,4,7-8H,2-3,5-6H2/i1D,2D2,3D2,4D,7D,8D. The van der Waals surface area contributed by atoms with Gasteiger partial charge in [-0.05, 0) is 24.8 Å². The predicted molar refractivity (Wildman–Crippen MR) is 54.7 cm³/mol. The lowest BCUT2D eigenvalue weighted by molar-refractivity contribution is 0.0845. The number of pyridine rings is 1. The number of rotatable bonds is 1. The van der Waals surface area contributed by atoms with Crippen molar-refractivity contribution in [3.05, 3.63) is 28.4 Å². The van der Waals surface area contributed by atoms with Gasteiger partial charge in [0.2, 0.25) is 0 Å². The largest absolute Gasteiger partial charge is 0.381 e. The van der Waals surface area contributed by atoms with Crippen LogP contribution in [-0.2, 0) is 4.74 Å². The fourth-order valence-corrected chi connectivity index (χ4v) is 1.22. The van der Waals surface area contributed by atoms with Crippen LogP contribution in [0.1, 0.15) is 35.3 Å². The molecule has 1 aromatic rings. The van der Waals surface area contributed by atoms with Crippen LogP contribution in [0.5, 0.6) is 0 Å². The minimum Gasteiger partial charge on any atom is -0.381 e. The topological polar surface area (TPSA) is 22.1 Å². The van der Waals surface area contributed by atoms with Crippen LogP contribution in [0.2, 0.25) is 0 Å². The molecule has 1 fully saturated rings. The summed E-state index contributed by atoms with van der Waals surface area (Å²) in [4.78, 5) is 3.66. The van der Waals surface area contributed by atoms with Crippen molar-refractivity contribution >= 4 is 15.9 Å². The van der Waals surface area contributed by atoms with Crippen molar-refractivity contribution in [2.45, 2.75) is 18.6 Å². The summed E-state index contributed by atoms with van der Waals surface area (Å²) in [5.41, 5.74) is -0.506. The molecule has 2 nitrogen and oxygen atoms in total. The maximum absolute atomic E-state index is 8.39. The van der Waals surface area contributed by atoms with Crippen molar-refractivity contribution in [1.29, 1.82) is 0 Å². The Balaban J connectivity index is 2.78. The number of halogens is 1. The number of nitrogens with zero attached hydrogens (tertiary/aromatic N) is 1. The van der Waals surface area contributed by atoms with Crippen LogP contribution in [0.4, 0.5) is 0 Å². The van der Waals surface area contributed by atoms with E-state index in [0.717, 1.165) is 0 Å². The summed E-state index contributed by atoms with van der Waals surface area (Å²) < 4.78 is 68.0. The monoisotopic (exact) mass is 249 g/mol. The van der Waals surface area contributed by atoms with E-state index in [9.17, 15) is 0 Å². The van der Waals surface area contributed by atoms with E-state index >= 15 is 0 Å². The Labute approximate surface area is 97.7 Å². The van der Waals surface area contributed by atoms with Crippen LogP contribution >= 0.6 is 15.9 Å². The molecule has 0 amide bonds. The Morgan fingerprint density at radius 2 is 2.46 bits per heavy atom. The minimum atomic E-state index is -2.51. The zero-order valence-electron chi connectivity index (χ0n) is 14.6. The summed E-state index contributed by atoms with van der Waals surface area (Å²) in [5.74, 6) is -2.51. The van der Waals surface area contributed by atoms with Crippen molar-refractivity contribution in [2.75, 3.05) is 13.2 Å². The highest BCUT2D eigenvalue weighted by Crippen LogP contribution is 2.26. The molecule has 2 rings (SSSR count). The molecule has 0 radical (unpaired) electrons. The Morgan fingerprint density at radius 3 is 3.23 bits per heavy atom. The molecule has 1 aliphatic heterocycles. The molecule has 1 saturated heterocycles. The molecule has 0 N–H and O–H groups in total. The first-order valence-corrected chi connectivity index (χ1v) is 4.46. The van der Waals surface area contributed by atoms with Gasteiger partial charge in [-0.25, -0.2) is 0 Å². The molecule has 0 unspecified atom stereocenters. The molecule has 3 heteroatoms. The molecule has 1 aromatic heterocycles. The van der Waals surface area contributed by atoms with E-state index in [1.807, 2.05) is 0 Å². The quantitative estimate of drug-likeness (QED) is 0.764. The Kier molecular flexibility index (Phi) is 1.17. The van der Waals surface area contributed by atoms with Gasteiger partial charge >= 0.3 is 0 Å². The van der Waals surface area contributed by atoms with Gasteiger partial charge in [-0.2, -0.15) is 0 Å². The summed E-state index contributed by atoms with van der Waals surface area (Å²) in [6, 6.07) is -0.818. The van der Waals surface area contributed by atoms with Crippen molar-refractivity contribution < 1.29 is 15.7 Å². The molecular weight excluding hydrogens is 230 g/mol. The molecular formula is C10H12BrNO. The molecule has 0 bridgehead atoms. The van der Waals surface area contributed by atoms with E-state index < -0.39 is 49.8 Å². The summed E-state index contributed by atoms with van der Waals surface area (Å²) in [6.45, 7) is -1.02. The molecule has 0 saturated carbocycles. The third-order valence-corrected chi connectivity index (χ3v) is 1.90. The third kappa shape index (κ3) is 2.29. The Hall–Kier alpha value is -0.410. The number of hydrogen-bond acceptors (Lipinski definition) is 2. The average Bonchev–Trinajstić information content (AvgIpc) is 2.37. The summed E-state index contributed by atoms with van der Waals surface area (Å²) in [7, 11) is 0. The molecule has 1 aliphatic rings. The second-order valence-electron chi connectivity index (χ2n) is 2.36. The highest BCUT2D eigenvalue weighted by atomic mass is 79.9. The molecule has 0 aromatic carbocycles. The fourth-order valence-electron chi connectivity index (χ4n) is 0.942. The maximum atomic E-state index is 8.39. The lowest BCUT2D eigenvalue weighted by atomic mass is 9.96. The van der Waals surface area contributed by atoms with E-state index in [1.165, 1.54) is 0 Å². The molecule has 0 atom stereocenters. The first-order chi connectivity index (χ1) is 9.46. The van der Waals surface area contributed by atoms with Crippen LogP contribution in [0, 0.1) is 0 Å². The molecule has 2 heterocycles. The smallest absolute Gasteiger partial charge is 0.0840 e. The first-order valence-electron chi connectivity index (χ1n) is 7.67. The van der Waals surface area contributed by atoms with E-state index in [4.69, 9.17) is 15.7 Å². The second kappa shape index (κ2) is 4.20. The van der Waals surface area contributed by atoms with Gasteiger partial charge in [0, 0.05) is 42.3 Å². The highest BCUT2D eigenvalue weighted by Gasteiger charge is 2.16. The van der Waals surface area contributed by atoms with Crippen LogP contribution in [0.15, 0.2) is 22.7 Å².